The van der Waals surface area contributed by atoms with E-state index in [0.717, 1.165) is 25.0 Å². The van der Waals surface area contributed by atoms with Gasteiger partial charge in [-0.3, -0.25) is 4.79 Å². The summed E-state index contributed by atoms with van der Waals surface area (Å²) < 4.78 is 11.1. The molecular formula is C34H42O3. The summed E-state index contributed by atoms with van der Waals surface area (Å²) in [7, 11) is 0. The maximum Gasteiger partial charge on any atom is 0.305 e. The lowest BCUT2D eigenvalue weighted by Crippen LogP contribution is -2.12. The van der Waals surface area contributed by atoms with E-state index in [1.54, 1.807) is 0 Å². The van der Waals surface area contributed by atoms with E-state index < -0.39 is 0 Å². The third kappa shape index (κ3) is 7.71. The number of carbonyl (C=O) groups is 1. The Morgan fingerprint density at radius 1 is 0.784 bits per heavy atom. The van der Waals surface area contributed by atoms with Crippen LogP contribution in [0.2, 0.25) is 0 Å². The van der Waals surface area contributed by atoms with Crippen molar-refractivity contribution < 1.29 is 14.3 Å². The molecule has 0 aromatic heterocycles. The van der Waals surface area contributed by atoms with Gasteiger partial charge in [-0.15, -0.1) is 0 Å². The topological polar surface area (TPSA) is 35.5 Å². The minimum Gasteiger partial charge on any atom is -0.494 e. The molecule has 1 saturated carbocycles. The van der Waals surface area contributed by atoms with Gasteiger partial charge in [0.1, 0.15) is 5.75 Å². The largest absolute Gasteiger partial charge is 0.494 e. The first kappa shape index (κ1) is 27.0. The summed E-state index contributed by atoms with van der Waals surface area (Å²) in [4.78, 5) is 11.4. The molecule has 0 spiro atoms. The molecule has 196 valence electrons. The van der Waals surface area contributed by atoms with E-state index in [1.165, 1.54) is 59.1 Å². The van der Waals surface area contributed by atoms with Crippen LogP contribution in [0.4, 0.5) is 0 Å². The predicted octanol–water partition coefficient (Wildman–Crippen LogP) is 8.91. The van der Waals surface area contributed by atoms with Crippen molar-refractivity contribution in [1.82, 2.24) is 0 Å². The van der Waals surface area contributed by atoms with Gasteiger partial charge < -0.3 is 9.47 Å². The van der Waals surface area contributed by atoms with Crippen LogP contribution in [0.15, 0.2) is 66.7 Å². The van der Waals surface area contributed by atoms with Crippen LogP contribution < -0.4 is 4.74 Å². The molecule has 37 heavy (non-hydrogen) atoms. The van der Waals surface area contributed by atoms with Gasteiger partial charge in [0.2, 0.25) is 0 Å². The molecule has 0 atom stereocenters. The number of hydrogen-bond acceptors (Lipinski definition) is 3. The van der Waals surface area contributed by atoms with Gasteiger partial charge in [-0.1, -0.05) is 67.1 Å². The SMILES string of the molecule is CCCC(=O)OCCCCOc1ccc(C2CCC(c3ccc(-c4ccc(C)cc4)c(C)c3)CC2)cc1. The summed E-state index contributed by atoms with van der Waals surface area (Å²) in [5.74, 6) is 2.12. The Bertz CT molecular complexity index is 1120. The van der Waals surface area contributed by atoms with Crippen molar-refractivity contribution in [3.05, 3.63) is 89.0 Å². The first-order valence-electron chi connectivity index (χ1n) is 14.1. The first-order valence-corrected chi connectivity index (χ1v) is 14.1. The molecule has 3 aromatic rings. The summed E-state index contributed by atoms with van der Waals surface area (Å²) >= 11 is 0. The fraction of sp³-hybridized carbons (Fsp3) is 0.441. The van der Waals surface area contributed by atoms with E-state index in [4.69, 9.17) is 9.47 Å². The van der Waals surface area contributed by atoms with Gasteiger partial charge in [0.25, 0.3) is 0 Å². The van der Waals surface area contributed by atoms with Crippen molar-refractivity contribution in [3.63, 3.8) is 0 Å². The zero-order valence-corrected chi connectivity index (χ0v) is 22.8. The van der Waals surface area contributed by atoms with Gasteiger partial charge in [-0.25, -0.2) is 0 Å². The van der Waals surface area contributed by atoms with Crippen LogP contribution in [0.1, 0.15) is 92.4 Å². The highest BCUT2D eigenvalue weighted by atomic mass is 16.5. The standard InChI is InChI=1S/C34H42O3/c1-4-7-34(35)37-23-6-5-22-36-32-19-16-28(17-20-32)27-12-14-29(15-13-27)31-18-21-33(26(3)24-31)30-10-8-25(2)9-11-30/h8-11,16-21,24,27,29H,4-7,12-15,22-23H2,1-3H3. The monoisotopic (exact) mass is 498 g/mol. The third-order valence-corrected chi connectivity index (χ3v) is 7.69. The number of aryl methyl sites for hydroxylation is 2. The molecule has 1 fully saturated rings. The molecule has 0 bridgehead atoms. The second kappa shape index (κ2) is 13.5. The molecule has 0 unspecified atom stereocenters. The highest BCUT2D eigenvalue weighted by Crippen LogP contribution is 2.41. The number of hydrogen-bond donors (Lipinski definition) is 0. The second-order valence-electron chi connectivity index (χ2n) is 10.6. The fourth-order valence-electron chi connectivity index (χ4n) is 5.45. The van der Waals surface area contributed by atoms with Crippen LogP contribution in [-0.2, 0) is 9.53 Å². The summed E-state index contributed by atoms with van der Waals surface area (Å²) in [6.45, 7) is 7.51. The first-order chi connectivity index (χ1) is 18.0. The number of ether oxygens (including phenoxy) is 2. The average Bonchev–Trinajstić information content (AvgIpc) is 2.92. The van der Waals surface area contributed by atoms with Crippen LogP contribution in [0.3, 0.4) is 0 Å². The van der Waals surface area contributed by atoms with Crippen LogP contribution in [-0.4, -0.2) is 19.2 Å². The second-order valence-corrected chi connectivity index (χ2v) is 10.6. The zero-order chi connectivity index (χ0) is 26.0. The summed E-state index contributed by atoms with van der Waals surface area (Å²) in [5, 5.41) is 0. The minimum atomic E-state index is -0.0980. The lowest BCUT2D eigenvalue weighted by atomic mass is 9.76. The Morgan fingerprint density at radius 3 is 2.05 bits per heavy atom. The Labute approximate surface area is 223 Å². The van der Waals surface area contributed by atoms with Crippen LogP contribution >= 0.6 is 0 Å². The van der Waals surface area contributed by atoms with Gasteiger partial charge in [-0.05, 0) is 111 Å². The van der Waals surface area contributed by atoms with Crippen molar-refractivity contribution in [2.75, 3.05) is 13.2 Å². The highest BCUT2D eigenvalue weighted by molar-refractivity contribution is 5.69. The fourth-order valence-corrected chi connectivity index (χ4v) is 5.45. The van der Waals surface area contributed by atoms with Crippen LogP contribution in [0.5, 0.6) is 5.75 Å². The molecule has 4 rings (SSSR count). The molecule has 0 radical (unpaired) electrons. The molecule has 3 heteroatoms. The van der Waals surface area contributed by atoms with Crippen molar-refractivity contribution >= 4 is 5.97 Å². The van der Waals surface area contributed by atoms with E-state index >= 15 is 0 Å². The predicted molar refractivity (Wildman–Crippen MR) is 152 cm³/mol. The van der Waals surface area contributed by atoms with Crippen molar-refractivity contribution in [2.24, 2.45) is 0 Å². The Hall–Kier alpha value is -3.07. The van der Waals surface area contributed by atoms with E-state index in [-0.39, 0.29) is 5.97 Å². The molecule has 3 aromatic carbocycles. The molecule has 1 aliphatic carbocycles. The normalized spacial score (nSPS) is 17.4. The average molecular weight is 499 g/mol. The maximum atomic E-state index is 11.4. The van der Waals surface area contributed by atoms with E-state index in [9.17, 15) is 4.79 Å². The molecule has 0 N–H and O–H groups in total. The molecule has 0 aliphatic heterocycles. The summed E-state index contributed by atoms with van der Waals surface area (Å²) in [5.41, 5.74) is 8.25. The van der Waals surface area contributed by atoms with Gasteiger partial charge in [0, 0.05) is 6.42 Å². The van der Waals surface area contributed by atoms with Gasteiger partial charge in [-0.2, -0.15) is 0 Å². The van der Waals surface area contributed by atoms with Gasteiger partial charge >= 0.3 is 5.97 Å². The van der Waals surface area contributed by atoms with E-state index in [0.29, 0.717) is 31.5 Å². The maximum absolute atomic E-state index is 11.4. The Kier molecular flexibility index (Phi) is 9.82. The smallest absolute Gasteiger partial charge is 0.305 e. The lowest BCUT2D eigenvalue weighted by Gasteiger charge is -2.29. The van der Waals surface area contributed by atoms with E-state index in [1.807, 2.05) is 6.92 Å². The molecule has 0 saturated heterocycles. The molecular weight excluding hydrogens is 456 g/mol. The summed E-state index contributed by atoms with van der Waals surface area (Å²) in [6.07, 6.45) is 8.03. The molecule has 1 aliphatic rings. The van der Waals surface area contributed by atoms with Gasteiger partial charge in [0.05, 0.1) is 13.2 Å². The van der Waals surface area contributed by atoms with Crippen molar-refractivity contribution in [1.29, 1.82) is 0 Å². The van der Waals surface area contributed by atoms with E-state index in [2.05, 4.69) is 80.6 Å². The minimum absolute atomic E-state index is 0.0980. The zero-order valence-electron chi connectivity index (χ0n) is 22.8. The van der Waals surface area contributed by atoms with Crippen LogP contribution in [0, 0.1) is 13.8 Å². The Balaban J connectivity index is 1.21. The number of esters is 1. The quantitative estimate of drug-likeness (QED) is 0.195. The third-order valence-electron chi connectivity index (χ3n) is 7.69. The lowest BCUT2D eigenvalue weighted by molar-refractivity contribution is -0.143. The number of benzene rings is 3. The highest BCUT2D eigenvalue weighted by Gasteiger charge is 2.24. The van der Waals surface area contributed by atoms with Gasteiger partial charge in [0.15, 0.2) is 0 Å². The number of rotatable bonds is 11. The van der Waals surface area contributed by atoms with Crippen molar-refractivity contribution in [2.45, 2.75) is 84.0 Å². The molecule has 3 nitrogen and oxygen atoms in total. The summed E-state index contributed by atoms with van der Waals surface area (Å²) in [6, 6.07) is 24.6. The van der Waals surface area contributed by atoms with Crippen LogP contribution in [0.25, 0.3) is 11.1 Å². The van der Waals surface area contributed by atoms with Crippen molar-refractivity contribution in [3.8, 4) is 16.9 Å². The molecule has 0 amide bonds. The number of unbranched alkanes of at least 4 members (excludes halogenated alkanes) is 1. The Morgan fingerprint density at radius 2 is 1.41 bits per heavy atom. The number of carbonyl (C=O) groups excluding carboxylic acids is 1. The molecule has 0 heterocycles.